The first-order valence-electron chi connectivity index (χ1n) is 5.90. The molecular formula is C12H23NO2. The molecule has 0 saturated heterocycles. The standard InChI is InChI=1S/C12H23NO2/c1-4-5-12(2,3)8-13-7-9-6-10(9)11(14)15/h9-10,13H,4-8H2,1-3H3,(H,14,15). The first-order valence-corrected chi connectivity index (χ1v) is 5.90. The van der Waals surface area contributed by atoms with Crippen LogP contribution in [0.5, 0.6) is 0 Å². The summed E-state index contributed by atoms with van der Waals surface area (Å²) in [5.74, 6) is -0.332. The number of hydrogen-bond donors (Lipinski definition) is 2. The molecule has 0 aliphatic heterocycles. The average Bonchev–Trinajstić information content (AvgIpc) is 2.83. The van der Waals surface area contributed by atoms with Crippen LogP contribution in [0.15, 0.2) is 0 Å². The molecule has 3 heteroatoms. The molecule has 1 fully saturated rings. The second-order valence-corrected chi connectivity index (χ2v) is 5.49. The van der Waals surface area contributed by atoms with Crippen molar-refractivity contribution < 1.29 is 9.90 Å². The van der Waals surface area contributed by atoms with E-state index >= 15 is 0 Å². The number of nitrogens with one attached hydrogen (secondary N) is 1. The molecule has 1 saturated carbocycles. The molecule has 1 aliphatic rings. The van der Waals surface area contributed by atoms with Gasteiger partial charge in [-0.15, -0.1) is 0 Å². The van der Waals surface area contributed by atoms with Crippen molar-refractivity contribution in [2.24, 2.45) is 17.3 Å². The van der Waals surface area contributed by atoms with E-state index < -0.39 is 5.97 Å². The van der Waals surface area contributed by atoms with E-state index in [0.29, 0.717) is 11.3 Å². The van der Waals surface area contributed by atoms with E-state index in [4.69, 9.17) is 5.11 Å². The Morgan fingerprint density at radius 3 is 2.67 bits per heavy atom. The van der Waals surface area contributed by atoms with E-state index in [-0.39, 0.29) is 5.92 Å². The van der Waals surface area contributed by atoms with Gasteiger partial charge in [0, 0.05) is 6.54 Å². The number of aliphatic carboxylic acids is 1. The lowest BCUT2D eigenvalue weighted by atomic mass is 9.88. The zero-order valence-electron chi connectivity index (χ0n) is 10.0. The van der Waals surface area contributed by atoms with Gasteiger partial charge < -0.3 is 10.4 Å². The van der Waals surface area contributed by atoms with Crippen LogP contribution >= 0.6 is 0 Å². The topological polar surface area (TPSA) is 49.3 Å². The molecule has 0 aromatic rings. The summed E-state index contributed by atoms with van der Waals surface area (Å²) in [6, 6.07) is 0. The Balaban J connectivity index is 2.10. The highest BCUT2D eigenvalue weighted by molar-refractivity contribution is 5.73. The van der Waals surface area contributed by atoms with E-state index in [0.717, 1.165) is 19.5 Å². The van der Waals surface area contributed by atoms with Crippen LogP contribution in [0, 0.1) is 17.3 Å². The first-order chi connectivity index (χ1) is 6.96. The largest absolute Gasteiger partial charge is 0.481 e. The van der Waals surface area contributed by atoms with E-state index in [1.54, 1.807) is 0 Å². The fourth-order valence-electron chi connectivity index (χ4n) is 2.14. The number of rotatable bonds is 7. The highest BCUT2D eigenvalue weighted by Gasteiger charge is 2.42. The van der Waals surface area contributed by atoms with E-state index in [1.807, 2.05) is 0 Å². The highest BCUT2D eigenvalue weighted by Crippen LogP contribution is 2.38. The molecule has 0 bridgehead atoms. The van der Waals surface area contributed by atoms with Crippen LogP contribution in [-0.2, 0) is 4.79 Å². The molecule has 0 spiro atoms. The summed E-state index contributed by atoms with van der Waals surface area (Å²) in [4.78, 5) is 10.6. The van der Waals surface area contributed by atoms with E-state index in [1.165, 1.54) is 12.8 Å². The fourth-order valence-corrected chi connectivity index (χ4v) is 2.14. The Hall–Kier alpha value is -0.570. The minimum Gasteiger partial charge on any atom is -0.481 e. The first kappa shape index (κ1) is 12.5. The van der Waals surface area contributed by atoms with Crippen molar-refractivity contribution in [3.05, 3.63) is 0 Å². The van der Waals surface area contributed by atoms with Crippen LogP contribution in [-0.4, -0.2) is 24.2 Å². The second-order valence-electron chi connectivity index (χ2n) is 5.49. The Kier molecular flexibility index (Phi) is 4.14. The average molecular weight is 213 g/mol. The lowest BCUT2D eigenvalue weighted by molar-refractivity contribution is -0.138. The van der Waals surface area contributed by atoms with Gasteiger partial charge in [0.15, 0.2) is 0 Å². The quantitative estimate of drug-likeness (QED) is 0.681. The van der Waals surface area contributed by atoms with Crippen LogP contribution in [0.4, 0.5) is 0 Å². The molecule has 0 aromatic heterocycles. The summed E-state index contributed by atoms with van der Waals surface area (Å²) in [5.41, 5.74) is 0.336. The van der Waals surface area contributed by atoms with Crippen LogP contribution in [0.3, 0.4) is 0 Å². The van der Waals surface area contributed by atoms with Crippen molar-refractivity contribution >= 4 is 5.97 Å². The van der Waals surface area contributed by atoms with Crippen LogP contribution < -0.4 is 5.32 Å². The van der Waals surface area contributed by atoms with Gasteiger partial charge in [0.05, 0.1) is 5.92 Å². The van der Waals surface area contributed by atoms with Gasteiger partial charge in [-0.25, -0.2) is 0 Å². The maximum absolute atomic E-state index is 10.6. The van der Waals surface area contributed by atoms with Gasteiger partial charge in [0.2, 0.25) is 0 Å². The van der Waals surface area contributed by atoms with Crippen molar-refractivity contribution in [2.75, 3.05) is 13.1 Å². The smallest absolute Gasteiger partial charge is 0.306 e. The lowest BCUT2D eigenvalue weighted by Gasteiger charge is -2.24. The fraction of sp³-hybridized carbons (Fsp3) is 0.917. The van der Waals surface area contributed by atoms with Gasteiger partial charge >= 0.3 is 5.97 Å². The summed E-state index contributed by atoms with van der Waals surface area (Å²) in [5, 5.41) is 12.1. The summed E-state index contributed by atoms with van der Waals surface area (Å²) >= 11 is 0. The van der Waals surface area contributed by atoms with E-state index in [2.05, 4.69) is 26.1 Å². The summed E-state index contributed by atoms with van der Waals surface area (Å²) in [7, 11) is 0. The molecule has 2 atom stereocenters. The molecule has 1 aliphatic carbocycles. The summed E-state index contributed by atoms with van der Waals surface area (Å²) < 4.78 is 0. The highest BCUT2D eigenvalue weighted by atomic mass is 16.4. The SMILES string of the molecule is CCCC(C)(C)CNCC1CC1C(=O)O. The minimum absolute atomic E-state index is 0.0770. The van der Waals surface area contributed by atoms with Gasteiger partial charge in [-0.2, -0.15) is 0 Å². The molecule has 0 heterocycles. The monoisotopic (exact) mass is 213 g/mol. The Morgan fingerprint density at radius 1 is 1.53 bits per heavy atom. The molecule has 2 unspecified atom stereocenters. The number of hydrogen-bond acceptors (Lipinski definition) is 2. The zero-order valence-corrected chi connectivity index (χ0v) is 10.0. The maximum Gasteiger partial charge on any atom is 0.306 e. The van der Waals surface area contributed by atoms with Crippen LogP contribution in [0.25, 0.3) is 0 Å². The van der Waals surface area contributed by atoms with E-state index in [9.17, 15) is 4.79 Å². The molecule has 15 heavy (non-hydrogen) atoms. The molecule has 3 nitrogen and oxygen atoms in total. The summed E-state index contributed by atoms with van der Waals surface area (Å²) in [6.07, 6.45) is 3.28. The normalized spacial score (nSPS) is 25.3. The predicted octanol–water partition coefficient (Wildman–Crippen LogP) is 2.12. The van der Waals surface area contributed by atoms with Gasteiger partial charge in [-0.05, 0) is 30.7 Å². The lowest BCUT2D eigenvalue weighted by Crippen LogP contribution is -2.31. The Labute approximate surface area is 92.3 Å². The number of carboxylic acids is 1. The molecule has 88 valence electrons. The van der Waals surface area contributed by atoms with Crippen LogP contribution in [0.2, 0.25) is 0 Å². The predicted molar refractivity (Wildman–Crippen MR) is 60.8 cm³/mol. The van der Waals surface area contributed by atoms with Gasteiger partial charge in [-0.3, -0.25) is 4.79 Å². The molecule has 0 radical (unpaired) electrons. The van der Waals surface area contributed by atoms with Gasteiger partial charge in [0.25, 0.3) is 0 Å². The number of carboxylic acid groups (broad SMARTS) is 1. The molecule has 0 amide bonds. The third kappa shape index (κ3) is 4.20. The van der Waals surface area contributed by atoms with Crippen LogP contribution in [0.1, 0.15) is 40.0 Å². The minimum atomic E-state index is -0.630. The molecular weight excluding hydrogens is 190 g/mol. The molecule has 2 N–H and O–H groups in total. The maximum atomic E-state index is 10.6. The van der Waals surface area contributed by atoms with Crippen molar-refractivity contribution in [3.63, 3.8) is 0 Å². The molecule has 0 aromatic carbocycles. The number of carbonyl (C=O) groups is 1. The van der Waals surface area contributed by atoms with Crippen molar-refractivity contribution in [2.45, 2.75) is 40.0 Å². The van der Waals surface area contributed by atoms with Crippen molar-refractivity contribution in [3.8, 4) is 0 Å². The zero-order chi connectivity index (χ0) is 11.5. The second kappa shape index (κ2) is 4.97. The Bertz CT molecular complexity index is 226. The summed E-state index contributed by atoms with van der Waals surface area (Å²) in [6.45, 7) is 8.56. The van der Waals surface area contributed by atoms with Gasteiger partial charge in [0.1, 0.15) is 0 Å². The third-order valence-corrected chi connectivity index (χ3v) is 3.18. The van der Waals surface area contributed by atoms with Crippen molar-refractivity contribution in [1.29, 1.82) is 0 Å². The molecule has 1 rings (SSSR count). The van der Waals surface area contributed by atoms with Gasteiger partial charge in [-0.1, -0.05) is 27.2 Å². The van der Waals surface area contributed by atoms with Crippen molar-refractivity contribution in [1.82, 2.24) is 5.32 Å². The Morgan fingerprint density at radius 2 is 2.20 bits per heavy atom. The third-order valence-electron chi connectivity index (χ3n) is 3.18.